The molecule has 0 amide bonds. The first-order valence-corrected chi connectivity index (χ1v) is 5.89. The van der Waals surface area contributed by atoms with Crippen LogP contribution in [0.4, 0.5) is 5.95 Å². The zero-order chi connectivity index (χ0) is 11.5. The molecular formula is C12H19N3O. The highest BCUT2D eigenvalue weighted by molar-refractivity contribution is 5.26. The second-order valence-electron chi connectivity index (χ2n) is 4.62. The lowest BCUT2D eigenvalue weighted by Gasteiger charge is -2.22. The Kier molecular flexibility index (Phi) is 3.39. The molecular weight excluding hydrogens is 202 g/mol. The largest absolute Gasteiger partial charge is 0.381 e. The average molecular weight is 221 g/mol. The molecule has 0 radical (unpaired) electrons. The number of hydrogen-bond donors (Lipinski definition) is 1. The number of anilines is 1. The van der Waals surface area contributed by atoms with Crippen molar-refractivity contribution in [3.63, 3.8) is 0 Å². The molecule has 0 saturated carbocycles. The maximum absolute atomic E-state index is 5.75. The van der Waals surface area contributed by atoms with Gasteiger partial charge in [0.25, 0.3) is 0 Å². The maximum atomic E-state index is 5.75. The smallest absolute Gasteiger partial charge is 0.220 e. The van der Waals surface area contributed by atoms with Crippen molar-refractivity contribution in [2.24, 2.45) is 0 Å². The minimum absolute atomic E-state index is 0.392. The highest BCUT2D eigenvalue weighted by Crippen LogP contribution is 2.27. The van der Waals surface area contributed by atoms with E-state index in [-0.39, 0.29) is 0 Å². The van der Waals surface area contributed by atoms with Crippen LogP contribution in [-0.2, 0) is 4.74 Å². The predicted molar refractivity (Wildman–Crippen MR) is 63.3 cm³/mol. The van der Waals surface area contributed by atoms with E-state index >= 15 is 0 Å². The summed E-state index contributed by atoms with van der Waals surface area (Å²) < 4.78 is 5.35. The summed E-state index contributed by atoms with van der Waals surface area (Å²) in [5, 5.41) is 0. The molecule has 88 valence electrons. The molecule has 1 saturated heterocycles. The van der Waals surface area contributed by atoms with Crippen LogP contribution in [0, 0.1) is 0 Å². The van der Waals surface area contributed by atoms with E-state index in [1.165, 1.54) is 0 Å². The van der Waals surface area contributed by atoms with Crippen LogP contribution in [0.15, 0.2) is 6.07 Å². The lowest BCUT2D eigenvalue weighted by molar-refractivity contribution is 0.0845. The molecule has 1 fully saturated rings. The second-order valence-corrected chi connectivity index (χ2v) is 4.62. The fraction of sp³-hybridized carbons (Fsp3) is 0.667. The third-order valence-electron chi connectivity index (χ3n) is 3.01. The Hall–Kier alpha value is -1.16. The Morgan fingerprint density at radius 1 is 1.31 bits per heavy atom. The zero-order valence-corrected chi connectivity index (χ0v) is 9.94. The molecule has 1 aromatic heterocycles. The van der Waals surface area contributed by atoms with Crippen LogP contribution in [0.3, 0.4) is 0 Å². The Balaban J connectivity index is 2.25. The van der Waals surface area contributed by atoms with Gasteiger partial charge in [0.15, 0.2) is 0 Å². The number of rotatable bonds is 2. The topological polar surface area (TPSA) is 61.0 Å². The number of nitrogen functional groups attached to an aromatic ring is 1. The standard InChI is InChI=1S/C12H19N3O/c1-8(2)10-7-11(15-12(13)14-10)9-3-5-16-6-4-9/h7-9H,3-6H2,1-2H3,(H2,13,14,15). The van der Waals surface area contributed by atoms with E-state index in [0.29, 0.717) is 17.8 Å². The molecule has 0 unspecified atom stereocenters. The molecule has 2 heterocycles. The molecule has 2 N–H and O–H groups in total. The first kappa shape index (κ1) is 11.3. The summed E-state index contributed by atoms with van der Waals surface area (Å²) in [5.41, 5.74) is 7.87. The molecule has 0 spiro atoms. The van der Waals surface area contributed by atoms with Crippen molar-refractivity contribution in [1.29, 1.82) is 0 Å². The minimum atomic E-state index is 0.392. The molecule has 1 aliphatic heterocycles. The lowest BCUT2D eigenvalue weighted by atomic mass is 9.95. The third-order valence-corrected chi connectivity index (χ3v) is 3.01. The van der Waals surface area contributed by atoms with Gasteiger partial charge in [-0.25, -0.2) is 9.97 Å². The third kappa shape index (κ3) is 2.50. The van der Waals surface area contributed by atoms with E-state index in [2.05, 4.69) is 29.9 Å². The van der Waals surface area contributed by atoms with Crippen LogP contribution in [0.5, 0.6) is 0 Å². The van der Waals surface area contributed by atoms with Gasteiger partial charge < -0.3 is 10.5 Å². The van der Waals surface area contributed by atoms with Crippen molar-refractivity contribution < 1.29 is 4.74 Å². The molecule has 4 nitrogen and oxygen atoms in total. The van der Waals surface area contributed by atoms with Crippen molar-refractivity contribution in [1.82, 2.24) is 9.97 Å². The molecule has 2 rings (SSSR count). The average Bonchev–Trinajstić information content (AvgIpc) is 2.29. The van der Waals surface area contributed by atoms with Crippen molar-refractivity contribution in [2.45, 2.75) is 38.5 Å². The Morgan fingerprint density at radius 2 is 2.00 bits per heavy atom. The number of hydrogen-bond acceptors (Lipinski definition) is 4. The molecule has 16 heavy (non-hydrogen) atoms. The first-order valence-electron chi connectivity index (χ1n) is 5.89. The van der Waals surface area contributed by atoms with Crippen LogP contribution < -0.4 is 5.73 Å². The summed E-state index contributed by atoms with van der Waals surface area (Å²) in [4.78, 5) is 8.61. The monoisotopic (exact) mass is 221 g/mol. The Morgan fingerprint density at radius 3 is 2.62 bits per heavy atom. The van der Waals surface area contributed by atoms with Crippen molar-refractivity contribution in [3.8, 4) is 0 Å². The van der Waals surface area contributed by atoms with Gasteiger partial charge in [0, 0.05) is 30.5 Å². The van der Waals surface area contributed by atoms with E-state index in [1.54, 1.807) is 0 Å². The summed E-state index contributed by atoms with van der Waals surface area (Å²) >= 11 is 0. The molecule has 0 atom stereocenters. The Labute approximate surface area is 96.2 Å². The highest BCUT2D eigenvalue weighted by atomic mass is 16.5. The Bertz CT molecular complexity index is 359. The number of aromatic nitrogens is 2. The van der Waals surface area contributed by atoms with Crippen molar-refractivity contribution in [2.75, 3.05) is 18.9 Å². The first-order chi connectivity index (χ1) is 7.66. The fourth-order valence-electron chi connectivity index (χ4n) is 2.00. The van der Waals surface area contributed by atoms with Gasteiger partial charge in [0.05, 0.1) is 0 Å². The van der Waals surface area contributed by atoms with E-state index in [9.17, 15) is 0 Å². The van der Waals surface area contributed by atoms with E-state index < -0.39 is 0 Å². The summed E-state index contributed by atoms with van der Waals surface area (Å²) in [5.74, 6) is 1.27. The quantitative estimate of drug-likeness (QED) is 0.830. The van der Waals surface area contributed by atoms with Gasteiger partial charge in [-0.1, -0.05) is 13.8 Å². The van der Waals surface area contributed by atoms with Crippen LogP contribution in [0.2, 0.25) is 0 Å². The molecule has 4 heteroatoms. The highest BCUT2D eigenvalue weighted by Gasteiger charge is 2.19. The lowest BCUT2D eigenvalue weighted by Crippen LogP contribution is -2.16. The normalized spacial score (nSPS) is 17.9. The van der Waals surface area contributed by atoms with Gasteiger partial charge in [-0.05, 0) is 24.8 Å². The number of ether oxygens (including phenoxy) is 1. The predicted octanol–water partition coefficient (Wildman–Crippen LogP) is 2.08. The van der Waals surface area contributed by atoms with Gasteiger partial charge in [0.1, 0.15) is 0 Å². The van der Waals surface area contributed by atoms with E-state index in [4.69, 9.17) is 10.5 Å². The van der Waals surface area contributed by atoms with Crippen LogP contribution >= 0.6 is 0 Å². The van der Waals surface area contributed by atoms with Gasteiger partial charge in [-0.15, -0.1) is 0 Å². The van der Waals surface area contributed by atoms with Gasteiger partial charge >= 0.3 is 0 Å². The molecule has 1 aromatic rings. The van der Waals surface area contributed by atoms with Gasteiger partial charge in [0.2, 0.25) is 5.95 Å². The van der Waals surface area contributed by atoms with Crippen LogP contribution in [0.25, 0.3) is 0 Å². The molecule has 0 aliphatic carbocycles. The number of nitrogens with two attached hydrogens (primary N) is 1. The zero-order valence-electron chi connectivity index (χ0n) is 9.94. The summed E-state index contributed by atoms with van der Waals surface area (Å²) in [6.07, 6.45) is 2.07. The van der Waals surface area contributed by atoms with Crippen LogP contribution in [0.1, 0.15) is 49.9 Å². The second kappa shape index (κ2) is 4.78. The van der Waals surface area contributed by atoms with Crippen LogP contribution in [-0.4, -0.2) is 23.2 Å². The van der Waals surface area contributed by atoms with Gasteiger partial charge in [-0.3, -0.25) is 0 Å². The van der Waals surface area contributed by atoms with Gasteiger partial charge in [-0.2, -0.15) is 0 Å². The van der Waals surface area contributed by atoms with E-state index in [0.717, 1.165) is 37.4 Å². The van der Waals surface area contributed by atoms with Crippen molar-refractivity contribution >= 4 is 5.95 Å². The number of nitrogens with zero attached hydrogens (tertiary/aromatic N) is 2. The SMILES string of the molecule is CC(C)c1cc(C2CCOCC2)nc(N)n1. The molecule has 0 bridgehead atoms. The molecule has 0 aromatic carbocycles. The van der Waals surface area contributed by atoms with E-state index in [1.807, 2.05) is 0 Å². The summed E-state index contributed by atoms with van der Waals surface area (Å²) in [6.45, 7) is 5.89. The summed E-state index contributed by atoms with van der Waals surface area (Å²) in [6, 6.07) is 2.09. The maximum Gasteiger partial charge on any atom is 0.220 e. The fourth-order valence-corrected chi connectivity index (χ4v) is 2.00. The minimum Gasteiger partial charge on any atom is -0.381 e. The molecule has 1 aliphatic rings. The van der Waals surface area contributed by atoms with Crippen molar-refractivity contribution in [3.05, 3.63) is 17.5 Å². The summed E-state index contributed by atoms with van der Waals surface area (Å²) in [7, 11) is 0.